The van der Waals surface area contributed by atoms with Gasteiger partial charge in [-0.3, -0.25) is 4.79 Å². The molecule has 1 fully saturated rings. The number of carbonyl (C=O) groups is 1. The molecule has 28 heavy (non-hydrogen) atoms. The number of ether oxygens (including phenoxy) is 1. The highest BCUT2D eigenvalue weighted by molar-refractivity contribution is 7.91. The number of hydrogen-bond donors (Lipinski definition) is 1. The summed E-state index contributed by atoms with van der Waals surface area (Å²) in [5.41, 5.74) is 2.54. The van der Waals surface area contributed by atoms with Crippen LogP contribution in [0.2, 0.25) is 0 Å². The quantitative estimate of drug-likeness (QED) is 0.777. The van der Waals surface area contributed by atoms with Crippen molar-refractivity contribution in [1.82, 2.24) is 5.32 Å². The Labute approximate surface area is 166 Å². The second-order valence-electron chi connectivity index (χ2n) is 7.84. The summed E-state index contributed by atoms with van der Waals surface area (Å²) in [5, 5.41) is 2.25. The molecule has 0 radical (unpaired) electrons. The van der Waals surface area contributed by atoms with Crippen molar-refractivity contribution in [3.05, 3.63) is 71.3 Å². The van der Waals surface area contributed by atoms with E-state index >= 15 is 0 Å². The fourth-order valence-electron chi connectivity index (χ4n) is 3.94. The number of carbonyl (C=O) groups excluding carboxylic acids is 1. The molecule has 2 aliphatic carbocycles. The Hall–Kier alpha value is -2.18. The third-order valence-electron chi connectivity index (χ3n) is 5.49. The Morgan fingerprint density at radius 1 is 1.11 bits per heavy atom. The van der Waals surface area contributed by atoms with E-state index < -0.39 is 27.2 Å². The van der Waals surface area contributed by atoms with Crippen molar-refractivity contribution in [2.24, 2.45) is 5.92 Å². The third kappa shape index (κ3) is 4.13. The molecule has 3 atom stereocenters. The molecule has 0 aliphatic heterocycles. The maximum atomic E-state index is 13.1. The molecule has 2 aromatic carbocycles. The fourth-order valence-corrected chi connectivity index (χ4v) is 5.39. The minimum absolute atomic E-state index is 0.279. The fraction of sp³-hybridized carbons (Fsp3) is 0.409. The molecule has 1 saturated carbocycles. The number of nitrogens with one attached hydrogen (secondary N) is 1. The lowest BCUT2D eigenvalue weighted by Crippen LogP contribution is -2.43. The van der Waals surface area contributed by atoms with Gasteiger partial charge in [0.1, 0.15) is 5.25 Å². The first-order valence-electron chi connectivity index (χ1n) is 9.67. The Kier molecular flexibility index (Phi) is 5.25. The van der Waals surface area contributed by atoms with Gasteiger partial charge in [0.2, 0.25) is 0 Å². The Bertz CT molecular complexity index is 954. The zero-order valence-electron chi connectivity index (χ0n) is 15.9. The first-order valence-corrected chi connectivity index (χ1v) is 11.6. The lowest BCUT2D eigenvalue weighted by Gasteiger charge is -2.24. The van der Waals surface area contributed by atoms with Crippen molar-refractivity contribution in [1.29, 1.82) is 0 Å². The molecule has 0 spiro atoms. The average molecular weight is 400 g/mol. The van der Waals surface area contributed by atoms with E-state index in [1.807, 2.05) is 54.6 Å². The molecule has 4 rings (SSSR count). The van der Waals surface area contributed by atoms with E-state index in [1.54, 1.807) is 0 Å². The lowest BCUT2D eigenvalue weighted by atomic mass is 10.1. The second kappa shape index (κ2) is 7.68. The number of benzene rings is 2. The van der Waals surface area contributed by atoms with Gasteiger partial charge in [-0.2, -0.15) is 0 Å². The Morgan fingerprint density at radius 3 is 2.46 bits per heavy atom. The van der Waals surface area contributed by atoms with Crippen LogP contribution in [0.15, 0.2) is 54.6 Å². The number of rotatable bonds is 7. The van der Waals surface area contributed by atoms with Crippen molar-refractivity contribution < 1.29 is 17.9 Å². The monoisotopic (exact) mass is 399 g/mol. The highest BCUT2D eigenvalue weighted by Crippen LogP contribution is 2.37. The number of sulfone groups is 1. The third-order valence-corrected chi connectivity index (χ3v) is 7.00. The Morgan fingerprint density at radius 2 is 1.79 bits per heavy atom. The predicted octanol–water partition coefficient (Wildman–Crippen LogP) is 2.98. The summed E-state index contributed by atoms with van der Waals surface area (Å²) in [6, 6.07) is 16.4. The van der Waals surface area contributed by atoms with Crippen LogP contribution in [0.4, 0.5) is 0 Å². The summed E-state index contributed by atoms with van der Waals surface area (Å²) >= 11 is 0. The average Bonchev–Trinajstić information content (AvgIpc) is 3.40. The zero-order chi connectivity index (χ0) is 19.7. The number of fused-ring (bicyclic) bond motifs is 1. The number of hydrogen-bond acceptors (Lipinski definition) is 4. The molecule has 5 nitrogen and oxygen atoms in total. The van der Waals surface area contributed by atoms with Crippen LogP contribution in [0, 0.1) is 5.92 Å². The molecule has 3 unspecified atom stereocenters. The standard InChI is InChI=1S/C22H25NO4S/c1-28(25,26)21-18-10-6-5-9-17(18)13-19(21)23-22(24)20(27-14-15-11-12-15)16-7-3-2-4-8-16/h2-10,15,19-21H,11-14H2,1H3,(H,23,24). The maximum absolute atomic E-state index is 13.1. The van der Waals surface area contributed by atoms with Crippen molar-refractivity contribution in [2.45, 2.75) is 36.7 Å². The second-order valence-corrected chi connectivity index (χ2v) is 10.0. The molecule has 1 N–H and O–H groups in total. The molecule has 0 heterocycles. The Balaban J connectivity index is 1.56. The molecule has 0 aromatic heterocycles. The van der Waals surface area contributed by atoms with Gasteiger partial charge in [-0.1, -0.05) is 54.6 Å². The van der Waals surface area contributed by atoms with Gasteiger partial charge in [-0.15, -0.1) is 0 Å². The maximum Gasteiger partial charge on any atom is 0.254 e. The minimum atomic E-state index is -3.37. The summed E-state index contributed by atoms with van der Waals surface area (Å²) in [4.78, 5) is 13.1. The molecule has 0 saturated heterocycles. The van der Waals surface area contributed by atoms with E-state index in [2.05, 4.69) is 5.32 Å². The lowest BCUT2D eigenvalue weighted by molar-refractivity contribution is -0.134. The van der Waals surface area contributed by atoms with Crippen LogP contribution in [-0.4, -0.2) is 33.2 Å². The van der Waals surface area contributed by atoms with Crippen LogP contribution >= 0.6 is 0 Å². The van der Waals surface area contributed by atoms with Crippen LogP contribution in [0.3, 0.4) is 0 Å². The van der Waals surface area contributed by atoms with Crippen molar-refractivity contribution >= 4 is 15.7 Å². The van der Waals surface area contributed by atoms with Crippen molar-refractivity contribution in [2.75, 3.05) is 12.9 Å². The first-order chi connectivity index (χ1) is 13.4. The molecule has 6 heteroatoms. The molecular formula is C22H25NO4S. The van der Waals surface area contributed by atoms with Gasteiger partial charge in [-0.05, 0) is 41.9 Å². The van der Waals surface area contributed by atoms with Crippen LogP contribution in [-0.2, 0) is 25.8 Å². The molecule has 0 bridgehead atoms. The van der Waals surface area contributed by atoms with Crippen molar-refractivity contribution in [3.63, 3.8) is 0 Å². The van der Waals surface area contributed by atoms with Gasteiger partial charge in [-0.25, -0.2) is 8.42 Å². The van der Waals surface area contributed by atoms with Crippen LogP contribution < -0.4 is 5.32 Å². The molecule has 148 valence electrons. The topological polar surface area (TPSA) is 72.5 Å². The van der Waals surface area contributed by atoms with Crippen LogP contribution in [0.25, 0.3) is 0 Å². The smallest absolute Gasteiger partial charge is 0.254 e. The van der Waals surface area contributed by atoms with Gasteiger partial charge in [0.15, 0.2) is 15.9 Å². The highest BCUT2D eigenvalue weighted by Gasteiger charge is 2.41. The predicted molar refractivity (Wildman–Crippen MR) is 108 cm³/mol. The highest BCUT2D eigenvalue weighted by atomic mass is 32.2. The van der Waals surface area contributed by atoms with Gasteiger partial charge in [0.05, 0.1) is 12.6 Å². The molecule has 2 aromatic rings. The summed E-state index contributed by atoms with van der Waals surface area (Å²) in [7, 11) is -3.37. The van der Waals surface area contributed by atoms with E-state index in [-0.39, 0.29) is 5.91 Å². The van der Waals surface area contributed by atoms with Crippen LogP contribution in [0.5, 0.6) is 0 Å². The molecular weight excluding hydrogens is 374 g/mol. The normalized spacial score (nSPS) is 22.5. The van der Waals surface area contributed by atoms with E-state index in [0.29, 0.717) is 18.9 Å². The SMILES string of the molecule is CS(=O)(=O)C1c2ccccc2CC1NC(=O)C(OCC1CC1)c1ccccc1. The summed E-state index contributed by atoms with van der Waals surface area (Å²) in [5.74, 6) is 0.247. The van der Waals surface area contributed by atoms with Gasteiger partial charge in [0.25, 0.3) is 5.91 Å². The molecule has 2 aliphatic rings. The van der Waals surface area contributed by atoms with E-state index in [9.17, 15) is 13.2 Å². The zero-order valence-corrected chi connectivity index (χ0v) is 16.7. The largest absolute Gasteiger partial charge is 0.363 e. The van der Waals surface area contributed by atoms with Crippen LogP contribution in [0.1, 0.15) is 40.9 Å². The van der Waals surface area contributed by atoms with Gasteiger partial charge in [0, 0.05) is 6.26 Å². The summed E-state index contributed by atoms with van der Waals surface area (Å²) in [6.45, 7) is 0.549. The number of amides is 1. The summed E-state index contributed by atoms with van der Waals surface area (Å²) < 4.78 is 30.9. The van der Waals surface area contributed by atoms with E-state index in [1.165, 1.54) is 6.26 Å². The molecule has 1 amide bonds. The van der Waals surface area contributed by atoms with Gasteiger partial charge < -0.3 is 10.1 Å². The minimum Gasteiger partial charge on any atom is -0.363 e. The van der Waals surface area contributed by atoms with Crippen molar-refractivity contribution in [3.8, 4) is 0 Å². The van der Waals surface area contributed by atoms with Gasteiger partial charge >= 0.3 is 0 Å². The first kappa shape index (κ1) is 19.2. The van der Waals surface area contributed by atoms with E-state index in [0.717, 1.165) is 29.5 Å². The van der Waals surface area contributed by atoms with E-state index in [4.69, 9.17) is 4.74 Å². The summed E-state index contributed by atoms with van der Waals surface area (Å²) in [6.07, 6.45) is 3.28.